The Bertz CT molecular complexity index is 880. The number of hydrogen-bond donors (Lipinski definition) is 1. The van der Waals surface area contributed by atoms with Gasteiger partial charge in [-0.05, 0) is 30.3 Å². The third kappa shape index (κ3) is 4.66. The van der Waals surface area contributed by atoms with E-state index >= 15 is 0 Å². The Morgan fingerprint density at radius 2 is 1.68 bits per heavy atom. The molecule has 0 spiro atoms. The van der Waals surface area contributed by atoms with Crippen molar-refractivity contribution in [2.24, 2.45) is 0 Å². The third-order valence-corrected chi connectivity index (χ3v) is 5.09. The van der Waals surface area contributed by atoms with Crippen molar-refractivity contribution in [3.63, 3.8) is 0 Å². The van der Waals surface area contributed by atoms with Crippen LogP contribution in [0.4, 0.5) is 11.4 Å². The summed E-state index contributed by atoms with van der Waals surface area (Å²) in [5, 5.41) is 13.8. The molecule has 28 heavy (non-hydrogen) atoms. The van der Waals surface area contributed by atoms with Crippen LogP contribution in [0.2, 0.25) is 0 Å². The highest BCUT2D eigenvalue weighted by Crippen LogP contribution is 2.28. The second-order valence-corrected chi connectivity index (χ2v) is 7.22. The Hall–Kier alpha value is -2.94. The fraction of sp³-hybridized carbons (Fsp3) is 0.263. The van der Waals surface area contributed by atoms with E-state index in [1.165, 1.54) is 6.07 Å². The minimum atomic E-state index is -0.398. The van der Waals surface area contributed by atoms with Gasteiger partial charge in [-0.2, -0.15) is 0 Å². The lowest BCUT2D eigenvalue weighted by Gasteiger charge is -2.35. The van der Waals surface area contributed by atoms with E-state index in [0.29, 0.717) is 37.4 Å². The minimum absolute atomic E-state index is 0.0593. The molecule has 1 saturated heterocycles. The van der Waals surface area contributed by atoms with E-state index in [-0.39, 0.29) is 24.0 Å². The molecule has 2 amide bonds. The SMILES string of the molecule is O=C(NCC(=O)N1CCN(c2ccccc2[N+](=O)[O-])CC1)c1ccc(Br)cc1. The van der Waals surface area contributed by atoms with Gasteiger partial charge in [0.2, 0.25) is 5.91 Å². The number of nitrogens with zero attached hydrogens (tertiary/aromatic N) is 3. The number of halogens is 1. The summed E-state index contributed by atoms with van der Waals surface area (Å²) in [5.74, 6) is -0.480. The summed E-state index contributed by atoms with van der Waals surface area (Å²) in [7, 11) is 0. The summed E-state index contributed by atoms with van der Waals surface area (Å²) in [4.78, 5) is 38.9. The molecule has 0 bridgehead atoms. The summed E-state index contributed by atoms with van der Waals surface area (Å²) >= 11 is 3.31. The van der Waals surface area contributed by atoms with Gasteiger partial charge in [0.25, 0.3) is 11.6 Å². The van der Waals surface area contributed by atoms with E-state index in [9.17, 15) is 19.7 Å². The lowest BCUT2D eigenvalue weighted by atomic mass is 10.2. The van der Waals surface area contributed by atoms with Gasteiger partial charge in [0.05, 0.1) is 11.5 Å². The molecular weight excluding hydrogens is 428 g/mol. The zero-order valence-corrected chi connectivity index (χ0v) is 16.6. The lowest BCUT2D eigenvalue weighted by molar-refractivity contribution is -0.384. The second kappa shape index (κ2) is 8.83. The number of benzene rings is 2. The van der Waals surface area contributed by atoms with Crippen molar-refractivity contribution in [3.05, 3.63) is 68.7 Å². The van der Waals surface area contributed by atoms with E-state index in [1.54, 1.807) is 47.4 Å². The van der Waals surface area contributed by atoms with E-state index in [1.807, 2.05) is 4.90 Å². The maximum absolute atomic E-state index is 12.4. The number of nitro groups is 1. The fourth-order valence-corrected chi connectivity index (χ4v) is 3.32. The largest absolute Gasteiger partial charge is 0.362 e. The van der Waals surface area contributed by atoms with Crippen LogP contribution in [0.15, 0.2) is 53.0 Å². The molecule has 0 radical (unpaired) electrons. The summed E-state index contributed by atoms with van der Waals surface area (Å²) in [6, 6.07) is 13.5. The van der Waals surface area contributed by atoms with Gasteiger partial charge in [0, 0.05) is 42.3 Å². The van der Waals surface area contributed by atoms with E-state index < -0.39 is 4.92 Å². The van der Waals surface area contributed by atoms with E-state index in [0.717, 1.165) is 4.47 Å². The predicted octanol–water partition coefficient (Wildman–Crippen LogP) is 2.44. The molecule has 0 unspecified atom stereocenters. The van der Waals surface area contributed by atoms with Gasteiger partial charge in [-0.25, -0.2) is 0 Å². The number of nitro benzene ring substituents is 1. The van der Waals surface area contributed by atoms with Crippen LogP contribution in [0.1, 0.15) is 10.4 Å². The molecule has 8 nitrogen and oxygen atoms in total. The lowest BCUT2D eigenvalue weighted by Crippen LogP contribution is -2.51. The number of carbonyl (C=O) groups excluding carboxylic acids is 2. The second-order valence-electron chi connectivity index (χ2n) is 6.30. The Morgan fingerprint density at radius 1 is 1.04 bits per heavy atom. The van der Waals surface area contributed by atoms with Gasteiger partial charge in [0.1, 0.15) is 5.69 Å². The molecule has 0 atom stereocenters. The van der Waals surface area contributed by atoms with Crippen LogP contribution in [-0.2, 0) is 4.79 Å². The first-order valence-corrected chi connectivity index (χ1v) is 9.55. The smallest absolute Gasteiger partial charge is 0.292 e. The van der Waals surface area contributed by atoms with Crippen molar-refractivity contribution in [3.8, 4) is 0 Å². The minimum Gasteiger partial charge on any atom is -0.362 e. The monoisotopic (exact) mass is 446 g/mol. The summed E-state index contributed by atoms with van der Waals surface area (Å²) in [5.41, 5.74) is 1.10. The van der Waals surface area contributed by atoms with Crippen LogP contribution in [0, 0.1) is 10.1 Å². The van der Waals surface area contributed by atoms with Crippen LogP contribution >= 0.6 is 15.9 Å². The Balaban J connectivity index is 1.52. The quantitative estimate of drug-likeness (QED) is 0.561. The summed E-state index contributed by atoms with van der Waals surface area (Å²) in [6.45, 7) is 1.80. The van der Waals surface area contributed by atoms with Gasteiger partial charge < -0.3 is 15.1 Å². The van der Waals surface area contributed by atoms with Crippen molar-refractivity contribution in [2.45, 2.75) is 0 Å². The molecule has 1 heterocycles. The average molecular weight is 447 g/mol. The fourth-order valence-electron chi connectivity index (χ4n) is 3.05. The molecule has 1 aliphatic heterocycles. The molecule has 0 aliphatic carbocycles. The molecule has 1 fully saturated rings. The van der Waals surface area contributed by atoms with Crippen LogP contribution in [-0.4, -0.2) is 54.4 Å². The number of anilines is 1. The molecule has 0 saturated carbocycles. The van der Waals surface area contributed by atoms with Gasteiger partial charge in [-0.3, -0.25) is 19.7 Å². The number of amides is 2. The predicted molar refractivity (Wildman–Crippen MR) is 108 cm³/mol. The zero-order valence-electron chi connectivity index (χ0n) is 15.0. The number of piperazine rings is 1. The topological polar surface area (TPSA) is 95.8 Å². The van der Waals surface area contributed by atoms with Crippen molar-refractivity contribution in [2.75, 3.05) is 37.6 Å². The molecule has 9 heteroatoms. The molecule has 1 N–H and O–H groups in total. The van der Waals surface area contributed by atoms with E-state index in [2.05, 4.69) is 21.2 Å². The van der Waals surface area contributed by atoms with Crippen molar-refractivity contribution >= 4 is 39.1 Å². The molecule has 0 aromatic heterocycles. The number of carbonyl (C=O) groups is 2. The van der Waals surface area contributed by atoms with Crippen molar-refractivity contribution in [1.82, 2.24) is 10.2 Å². The normalized spacial score (nSPS) is 13.9. The zero-order chi connectivity index (χ0) is 20.1. The van der Waals surface area contributed by atoms with Gasteiger partial charge >= 0.3 is 0 Å². The highest BCUT2D eigenvalue weighted by molar-refractivity contribution is 9.10. The molecular formula is C19H19BrN4O4. The highest BCUT2D eigenvalue weighted by Gasteiger charge is 2.25. The Labute approximate surface area is 170 Å². The van der Waals surface area contributed by atoms with E-state index in [4.69, 9.17) is 0 Å². The Morgan fingerprint density at radius 3 is 2.32 bits per heavy atom. The average Bonchev–Trinajstić information content (AvgIpc) is 2.72. The maximum Gasteiger partial charge on any atom is 0.292 e. The van der Waals surface area contributed by atoms with Crippen LogP contribution in [0.5, 0.6) is 0 Å². The van der Waals surface area contributed by atoms with Gasteiger partial charge in [-0.15, -0.1) is 0 Å². The highest BCUT2D eigenvalue weighted by atomic mass is 79.9. The first-order valence-electron chi connectivity index (χ1n) is 8.75. The molecule has 2 aromatic rings. The molecule has 146 valence electrons. The van der Waals surface area contributed by atoms with Crippen LogP contribution in [0.25, 0.3) is 0 Å². The van der Waals surface area contributed by atoms with Crippen molar-refractivity contribution < 1.29 is 14.5 Å². The third-order valence-electron chi connectivity index (χ3n) is 4.56. The standard InChI is InChI=1S/C19H19BrN4O4/c20-15-7-5-14(6-8-15)19(26)21-13-18(25)23-11-9-22(10-12-23)16-3-1-2-4-17(16)24(27)28/h1-8H,9-13H2,(H,21,26). The van der Waals surface area contributed by atoms with Crippen LogP contribution in [0.3, 0.4) is 0 Å². The summed E-state index contributed by atoms with van der Waals surface area (Å²) in [6.07, 6.45) is 0. The van der Waals surface area contributed by atoms with Crippen LogP contribution < -0.4 is 10.2 Å². The van der Waals surface area contributed by atoms with Crippen molar-refractivity contribution in [1.29, 1.82) is 0 Å². The molecule has 2 aromatic carbocycles. The van der Waals surface area contributed by atoms with Gasteiger partial charge in [-0.1, -0.05) is 28.1 Å². The van der Waals surface area contributed by atoms with Gasteiger partial charge in [0.15, 0.2) is 0 Å². The number of rotatable bonds is 5. The number of para-hydroxylation sites is 2. The number of nitrogens with one attached hydrogen (secondary N) is 1. The maximum atomic E-state index is 12.4. The first-order chi connectivity index (χ1) is 13.5. The Kier molecular flexibility index (Phi) is 6.25. The summed E-state index contributed by atoms with van der Waals surface area (Å²) < 4.78 is 0.872. The molecule has 1 aliphatic rings. The number of hydrogen-bond acceptors (Lipinski definition) is 5. The molecule has 3 rings (SSSR count). The first kappa shape index (κ1) is 19.8.